The largest absolute Gasteiger partial charge is 0.347 e. The molecule has 24 heavy (non-hydrogen) atoms. The van der Waals surface area contributed by atoms with Crippen molar-refractivity contribution in [3.63, 3.8) is 0 Å². The lowest BCUT2D eigenvalue weighted by atomic mass is 10.1. The van der Waals surface area contributed by atoms with Gasteiger partial charge < -0.3 is 10.6 Å². The van der Waals surface area contributed by atoms with E-state index in [1.54, 1.807) is 24.3 Å². The highest BCUT2D eigenvalue weighted by atomic mass is 79.9. The lowest BCUT2D eigenvalue weighted by Crippen LogP contribution is -2.40. The van der Waals surface area contributed by atoms with Gasteiger partial charge in [0.25, 0.3) is 11.8 Å². The smallest absolute Gasteiger partial charge is 0.255 e. The molecule has 2 N–H and O–H groups in total. The second kappa shape index (κ2) is 7.18. The lowest BCUT2D eigenvalue weighted by molar-refractivity contribution is 0.0918. The van der Waals surface area contributed by atoms with E-state index in [2.05, 4.69) is 26.6 Å². The van der Waals surface area contributed by atoms with Gasteiger partial charge >= 0.3 is 0 Å². The molecular weight excluding hydrogens is 368 g/mol. The SMILES string of the molecule is Cc1ccc(NC(=O)c2ccc(C(=O)NC(C)(C)C)cc2)c(Br)c1. The van der Waals surface area contributed by atoms with Crippen LogP contribution in [0.1, 0.15) is 47.1 Å². The van der Waals surface area contributed by atoms with Crippen molar-refractivity contribution in [3.8, 4) is 0 Å². The van der Waals surface area contributed by atoms with Crippen molar-refractivity contribution in [2.75, 3.05) is 5.32 Å². The third-order valence-corrected chi connectivity index (χ3v) is 3.93. The topological polar surface area (TPSA) is 58.2 Å². The number of hydrogen-bond acceptors (Lipinski definition) is 2. The first-order valence-electron chi connectivity index (χ1n) is 7.66. The Morgan fingerprint density at radius 1 is 0.917 bits per heavy atom. The summed E-state index contributed by atoms with van der Waals surface area (Å²) < 4.78 is 0.831. The van der Waals surface area contributed by atoms with Crippen molar-refractivity contribution < 1.29 is 9.59 Å². The number of halogens is 1. The molecule has 0 bridgehead atoms. The lowest BCUT2D eigenvalue weighted by Gasteiger charge is -2.20. The third kappa shape index (κ3) is 4.93. The summed E-state index contributed by atoms with van der Waals surface area (Å²) in [6.07, 6.45) is 0. The van der Waals surface area contributed by atoms with E-state index < -0.39 is 0 Å². The first kappa shape index (κ1) is 18.2. The van der Waals surface area contributed by atoms with Crippen LogP contribution in [-0.2, 0) is 0 Å². The quantitative estimate of drug-likeness (QED) is 0.810. The predicted octanol–water partition coefficient (Wildman–Crippen LogP) is 4.54. The van der Waals surface area contributed by atoms with E-state index in [1.165, 1.54) is 0 Å². The van der Waals surface area contributed by atoms with Crippen molar-refractivity contribution in [2.24, 2.45) is 0 Å². The maximum absolute atomic E-state index is 12.3. The van der Waals surface area contributed by atoms with Gasteiger partial charge in [-0.3, -0.25) is 9.59 Å². The van der Waals surface area contributed by atoms with E-state index in [4.69, 9.17) is 0 Å². The van der Waals surface area contributed by atoms with Crippen LogP contribution < -0.4 is 10.6 Å². The molecule has 0 spiro atoms. The standard InChI is InChI=1S/C19H21BrN2O2/c1-12-5-10-16(15(20)11-12)21-17(23)13-6-8-14(9-7-13)18(24)22-19(2,3)4/h5-11H,1-4H3,(H,21,23)(H,22,24). The first-order chi connectivity index (χ1) is 11.2. The molecule has 0 aliphatic carbocycles. The zero-order chi connectivity index (χ0) is 17.9. The summed E-state index contributed by atoms with van der Waals surface area (Å²) in [4.78, 5) is 24.4. The second-order valence-electron chi connectivity index (χ2n) is 6.72. The Hall–Kier alpha value is -2.14. The Kier molecular flexibility index (Phi) is 5.44. The number of aryl methyl sites for hydroxylation is 1. The van der Waals surface area contributed by atoms with Crippen LogP contribution in [0.3, 0.4) is 0 Å². The Bertz CT molecular complexity index is 762. The van der Waals surface area contributed by atoms with Gasteiger partial charge in [-0.05, 0) is 85.6 Å². The van der Waals surface area contributed by atoms with E-state index in [1.807, 2.05) is 45.9 Å². The van der Waals surface area contributed by atoms with E-state index in [-0.39, 0.29) is 17.4 Å². The molecule has 0 saturated heterocycles. The Morgan fingerprint density at radius 2 is 1.46 bits per heavy atom. The highest BCUT2D eigenvalue weighted by molar-refractivity contribution is 9.10. The minimum Gasteiger partial charge on any atom is -0.347 e. The molecule has 0 atom stereocenters. The Morgan fingerprint density at radius 3 is 1.96 bits per heavy atom. The van der Waals surface area contributed by atoms with Gasteiger partial charge in [0.15, 0.2) is 0 Å². The van der Waals surface area contributed by atoms with Crippen LogP contribution in [0.5, 0.6) is 0 Å². The summed E-state index contributed by atoms with van der Waals surface area (Å²) in [7, 11) is 0. The number of carbonyl (C=O) groups excluding carboxylic acids is 2. The number of anilines is 1. The first-order valence-corrected chi connectivity index (χ1v) is 8.45. The minimum absolute atomic E-state index is 0.157. The van der Waals surface area contributed by atoms with Crippen molar-refractivity contribution in [1.29, 1.82) is 0 Å². The highest BCUT2D eigenvalue weighted by Gasteiger charge is 2.16. The minimum atomic E-state index is -0.301. The molecule has 0 unspecified atom stereocenters. The fourth-order valence-corrected chi connectivity index (χ4v) is 2.69. The molecule has 0 saturated carbocycles. The van der Waals surface area contributed by atoms with Crippen LogP contribution >= 0.6 is 15.9 Å². The van der Waals surface area contributed by atoms with Gasteiger partial charge in [-0.1, -0.05) is 6.07 Å². The summed E-state index contributed by atoms with van der Waals surface area (Å²) in [6, 6.07) is 12.3. The number of benzene rings is 2. The molecule has 2 amide bonds. The van der Waals surface area contributed by atoms with Crippen LogP contribution in [0.15, 0.2) is 46.9 Å². The molecule has 0 fully saturated rings. The summed E-state index contributed by atoms with van der Waals surface area (Å²) in [6.45, 7) is 7.75. The zero-order valence-corrected chi connectivity index (χ0v) is 15.8. The molecule has 0 aliphatic heterocycles. The molecule has 2 aromatic carbocycles. The number of carbonyl (C=O) groups is 2. The number of nitrogens with one attached hydrogen (secondary N) is 2. The highest BCUT2D eigenvalue weighted by Crippen LogP contribution is 2.24. The monoisotopic (exact) mass is 388 g/mol. The van der Waals surface area contributed by atoms with Gasteiger partial charge in [0.05, 0.1) is 5.69 Å². The van der Waals surface area contributed by atoms with E-state index >= 15 is 0 Å². The molecule has 0 aliphatic rings. The molecular formula is C19H21BrN2O2. The van der Waals surface area contributed by atoms with Gasteiger partial charge in [-0.2, -0.15) is 0 Å². The van der Waals surface area contributed by atoms with Gasteiger partial charge in [0.2, 0.25) is 0 Å². The van der Waals surface area contributed by atoms with Crippen molar-refractivity contribution in [3.05, 3.63) is 63.6 Å². The van der Waals surface area contributed by atoms with Crippen LogP contribution in [0.2, 0.25) is 0 Å². The fraction of sp³-hybridized carbons (Fsp3) is 0.263. The van der Waals surface area contributed by atoms with Crippen molar-refractivity contribution in [2.45, 2.75) is 33.2 Å². The number of hydrogen-bond donors (Lipinski definition) is 2. The fourth-order valence-electron chi connectivity index (χ4n) is 2.10. The molecule has 0 radical (unpaired) electrons. The van der Waals surface area contributed by atoms with Gasteiger partial charge in [0.1, 0.15) is 0 Å². The van der Waals surface area contributed by atoms with Gasteiger partial charge in [-0.15, -0.1) is 0 Å². The summed E-state index contributed by atoms with van der Waals surface area (Å²) in [5, 5.41) is 5.75. The van der Waals surface area contributed by atoms with Gasteiger partial charge in [-0.25, -0.2) is 0 Å². The van der Waals surface area contributed by atoms with Crippen LogP contribution in [-0.4, -0.2) is 17.4 Å². The summed E-state index contributed by atoms with van der Waals surface area (Å²) in [5.74, 6) is -0.377. The van der Waals surface area contributed by atoms with Crippen LogP contribution in [0.25, 0.3) is 0 Å². The number of amides is 2. The zero-order valence-electron chi connectivity index (χ0n) is 14.2. The molecule has 5 heteroatoms. The maximum Gasteiger partial charge on any atom is 0.255 e. The summed E-state index contributed by atoms with van der Waals surface area (Å²) >= 11 is 3.44. The van der Waals surface area contributed by atoms with Crippen molar-refractivity contribution in [1.82, 2.24) is 5.32 Å². The average molecular weight is 389 g/mol. The second-order valence-corrected chi connectivity index (χ2v) is 7.57. The maximum atomic E-state index is 12.3. The molecule has 2 rings (SSSR count). The van der Waals surface area contributed by atoms with E-state index in [9.17, 15) is 9.59 Å². The van der Waals surface area contributed by atoms with E-state index in [0.717, 1.165) is 10.0 Å². The van der Waals surface area contributed by atoms with Crippen molar-refractivity contribution >= 4 is 33.4 Å². The van der Waals surface area contributed by atoms with E-state index in [0.29, 0.717) is 16.8 Å². The Labute approximate surface area is 150 Å². The summed E-state index contributed by atoms with van der Waals surface area (Å²) in [5.41, 5.74) is 2.53. The molecule has 126 valence electrons. The number of rotatable bonds is 3. The molecule has 0 aromatic heterocycles. The average Bonchev–Trinajstić information content (AvgIpc) is 2.48. The van der Waals surface area contributed by atoms with Crippen LogP contribution in [0.4, 0.5) is 5.69 Å². The van der Waals surface area contributed by atoms with Gasteiger partial charge in [0, 0.05) is 21.1 Å². The molecule has 4 nitrogen and oxygen atoms in total. The van der Waals surface area contributed by atoms with Crippen LogP contribution in [0, 0.1) is 6.92 Å². The molecule has 0 heterocycles. The Balaban J connectivity index is 2.10. The third-order valence-electron chi connectivity index (χ3n) is 3.27. The normalized spacial score (nSPS) is 11.0. The molecule has 2 aromatic rings. The predicted molar refractivity (Wildman–Crippen MR) is 100 cm³/mol.